The van der Waals surface area contributed by atoms with Gasteiger partial charge in [0, 0.05) is 40.1 Å². The molecule has 0 saturated heterocycles. The second-order valence-electron chi connectivity index (χ2n) is 14.4. The number of nitrogens with zero attached hydrogens (tertiary/aromatic N) is 3. The van der Waals surface area contributed by atoms with Crippen LogP contribution in [0.15, 0.2) is 176 Å². The Morgan fingerprint density at radius 3 is 1.91 bits per heavy atom. The minimum atomic E-state index is -0.111. The molecular formula is C50H35N3. The molecule has 0 bridgehead atoms. The van der Waals surface area contributed by atoms with Crippen LogP contribution >= 0.6 is 0 Å². The molecule has 1 aliphatic carbocycles. The highest BCUT2D eigenvalue weighted by Gasteiger charge is 2.38. The van der Waals surface area contributed by atoms with Crippen LogP contribution in [-0.2, 0) is 5.41 Å². The Morgan fingerprint density at radius 2 is 1.08 bits per heavy atom. The van der Waals surface area contributed by atoms with Gasteiger partial charge >= 0.3 is 0 Å². The molecule has 7 aromatic carbocycles. The van der Waals surface area contributed by atoms with E-state index in [4.69, 9.17) is 9.97 Å². The van der Waals surface area contributed by atoms with Crippen molar-refractivity contribution in [2.75, 3.05) is 0 Å². The predicted molar refractivity (Wildman–Crippen MR) is 220 cm³/mol. The van der Waals surface area contributed by atoms with Crippen molar-refractivity contribution in [2.45, 2.75) is 19.3 Å². The van der Waals surface area contributed by atoms with Crippen molar-refractivity contribution in [1.29, 1.82) is 0 Å². The molecule has 0 fully saturated rings. The highest BCUT2D eigenvalue weighted by molar-refractivity contribution is 6.11. The van der Waals surface area contributed by atoms with E-state index in [-0.39, 0.29) is 5.41 Å². The lowest BCUT2D eigenvalue weighted by Crippen LogP contribution is -2.14. The van der Waals surface area contributed by atoms with Crippen LogP contribution in [0.2, 0.25) is 0 Å². The van der Waals surface area contributed by atoms with Gasteiger partial charge in [-0.1, -0.05) is 159 Å². The van der Waals surface area contributed by atoms with E-state index < -0.39 is 0 Å². The lowest BCUT2D eigenvalue weighted by atomic mass is 9.81. The SMILES string of the molecule is CC1(C)c2cccc(-c3ccc(-c4cc(-c5cccc(-c6cccnc6)c5)nc(-c5ccccc5)n4)c4ccccc34)c2-c2c1ccc1ccccc21. The normalized spacial score (nSPS) is 12.9. The Balaban J connectivity index is 1.18. The van der Waals surface area contributed by atoms with Crippen molar-refractivity contribution in [3.8, 4) is 67.3 Å². The van der Waals surface area contributed by atoms with Gasteiger partial charge < -0.3 is 0 Å². The molecule has 0 N–H and O–H groups in total. The maximum absolute atomic E-state index is 5.25. The van der Waals surface area contributed by atoms with E-state index in [1.165, 1.54) is 49.5 Å². The van der Waals surface area contributed by atoms with Crippen molar-refractivity contribution in [1.82, 2.24) is 15.0 Å². The zero-order valence-electron chi connectivity index (χ0n) is 29.6. The van der Waals surface area contributed by atoms with Crippen molar-refractivity contribution < 1.29 is 0 Å². The van der Waals surface area contributed by atoms with Gasteiger partial charge in [-0.15, -0.1) is 0 Å². The Kier molecular flexibility index (Phi) is 7.16. The monoisotopic (exact) mass is 677 g/mol. The van der Waals surface area contributed by atoms with Crippen LogP contribution in [0.1, 0.15) is 25.0 Å². The summed E-state index contributed by atoms with van der Waals surface area (Å²) >= 11 is 0. The first kappa shape index (κ1) is 31.1. The van der Waals surface area contributed by atoms with Crippen molar-refractivity contribution in [3.05, 3.63) is 187 Å². The summed E-state index contributed by atoms with van der Waals surface area (Å²) in [7, 11) is 0. The summed E-state index contributed by atoms with van der Waals surface area (Å²) < 4.78 is 0. The summed E-state index contributed by atoms with van der Waals surface area (Å²) in [6, 6.07) is 58.6. The summed E-state index contributed by atoms with van der Waals surface area (Å²) in [6.45, 7) is 4.72. The number of hydrogen-bond donors (Lipinski definition) is 0. The molecule has 3 heteroatoms. The number of rotatable bonds is 5. The maximum atomic E-state index is 5.25. The first-order chi connectivity index (χ1) is 26.0. The molecule has 9 aromatic rings. The summed E-state index contributed by atoms with van der Waals surface area (Å²) in [5, 5.41) is 4.93. The van der Waals surface area contributed by atoms with Gasteiger partial charge in [0.25, 0.3) is 0 Å². The van der Waals surface area contributed by atoms with E-state index in [1.54, 1.807) is 6.20 Å². The summed E-state index contributed by atoms with van der Waals surface area (Å²) in [6.07, 6.45) is 3.70. The van der Waals surface area contributed by atoms with E-state index in [1.807, 2.05) is 30.5 Å². The van der Waals surface area contributed by atoms with Gasteiger partial charge in [0.05, 0.1) is 11.4 Å². The molecule has 0 saturated carbocycles. The third-order valence-electron chi connectivity index (χ3n) is 11.0. The average molecular weight is 678 g/mol. The van der Waals surface area contributed by atoms with Gasteiger partial charge in [0.15, 0.2) is 5.82 Å². The largest absolute Gasteiger partial charge is 0.264 e. The van der Waals surface area contributed by atoms with Gasteiger partial charge in [0.2, 0.25) is 0 Å². The van der Waals surface area contributed by atoms with E-state index >= 15 is 0 Å². The van der Waals surface area contributed by atoms with E-state index in [9.17, 15) is 0 Å². The number of pyridine rings is 1. The minimum Gasteiger partial charge on any atom is -0.264 e. The summed E-state index contributed by atoms with van der Waals surface area (Å²) in [5.41, 5.74) is 14.8. The van der Waals surface area contributed by atoms with Crippen LogP contribution in [0.25, 0.3) is 88.8 Å². The lowest BCUT2D eigenvalue weighted by molar-refractivity contribution is 0.661. The second-order valence-corrected chi connectivity index (χ2v) is 14.4. The second kappa shape index (κ2) is 12.2. The number of benzene rings is 7. The highest BCUT2D eigenvalue weighted by Crippen LogP contribution is 2.55. The third kappa shape index (κ3) is 5.08. The van der Waals surface area contributed by atoms with Crippen LogP contribution in [0, 0.1) is 0 Å². The van der Waals surface area contributed by atoms with Gasteiger partial charge in [-0.25, -0.2) is 9.97 Å². The smallest absolute Gasteiger partial charge is 0.160 e. The molecule has 10 rings (SSSR count). The van der Waals surface area contributed by atoms with Gasteiger partial charge in [0.1, 0.15) is 0 Å². The van der Waals surface area contributed by atoms with Crippen molar-refractivity contribution in [3.63, 3.8) is 0 Å². The molecule has 0 atom stereocenters. The third-order valence-corrected chi connectivity index (χ3v) is 11.0. The Labute approximate surface area is 309 Å². The molecular weight excluding hydrogens is 643 g/mol. The summed E-state index contributed by atoms with van der Waals surface area (Å²) in [5.74, 6) is 0.699. The van der Waals surface area contributed by atoms with Crippen molar-refractivity contribution in [2.24, 2.45) is 0 Å². The molecule has 2 aromatic heterocycles. The Bertz CT molecular complexity index is 2860. The molecule has 0 spiro atoms. The average Bonchev–Trinajstić information content (AvgIpc) is 3.47. The zero-order chi connectivity index (χ0) is 35.5. The molecule has 0 aliphatic heterocycles. The standard InChI is InChI=1S/C50H35N3/c1-50(2)43-23-11-22-42(48(43)47-37-19-7-6-13-32(37)24-27-44(47)50)40-25-26-41(39-21-9-8-20-38(39)40)46-30-45(52-49(53-46)33-14-4-3-5-15-33)35-17-10-16-34(29-35)36-18-12-28-51-31-36/h3-31H,1-2H3. The molecule has 2 heterocycles. The Morgan fingerprint density at radius 1 is 0.415 bits per heavy atom. The lowest BCUT2D eigenvalue weighted by Gasteiger charge is -2.22. The number of aromatic nitrogens is 3. The Hall–Kier alpha value is -6.71. The van der Waals surface area contributed by atoms with Crippen LogP contribution in [0.3, 0.4) is 0 Å². The van der Waals surface area contributed by atoms with Gasteiger partial charge in [-0.3, -0.25) is 4.98 Å². The minimum absolute atomic E-state index is 0.111. The summed E-state index contributed by atoms with van der Waals surface area (Å²) in [4.78, 5) is 14.8. The molecule has 0 radical (unpaired) electrons. The van der Waals surface area contributed by atoms with E-state index in [0.29, 0.717) is 5.82 Å². The fraction of sp³-hybridized carbons (Fsp3) is 0.0600. The fourth-order valence-corrected chi connectivity index (χ4v) is 8.37. The molecule has 250 valence electrons. The molecule has 0 unspecified atom stereocenters. The first-order valence-electron chi connectivity index (χ1n) is 18.2. The molecule has 0 amide bonds. The first-order valence-corrected chi connectivity index (χ1v) is 18.2. The zero-order valence-corrected chi connectivity index (χ0v) is 29.6. The van der Waals surface area contributed by atoms with Gasteiger partial charge in [-0.2, -0.15) is 0 Å². The van der Waals surface area contributed by atoms with Crippen molar-refractivity contribution >= 4 is 21.5 Å². The van der Waals surface area contributed by atoms with Crippen LogP contribution in [0.5, 0.6) is 0 Å². The highest BCUT2D eigenvalue weighted by atomic mass is 14.9. The van der Waals surface area contributed by atoms with E-state index in [2.05, 4.69) is 158 Å². The maximum Gasteiger partial charge on any atom is 0.160 e. The van der Waals surface area contributed by atoms with E-state index in [0.717, 1.165) is 44.6 Å². The number of fused-ring (bicyclic) bond motifs is 6. The molecule has 1 aliphatic rings. The topological polar surface area (TPSA) is 38.7 Å². The van der Waals surface area contributed by atoms with Crippen LogP contribution in [-0.4, -0.2) is 15.0 Å². The van der Waals surface area contributed by atoms with Gasteiger partial charge in [-0.05, 0) is 78.7 Å². The molecule has 53 heavy (non-hydrogen) atoms. The number of hydrogen-bond acceptors (Lipinski definition) is 3. The fourth-order valence-electron chi connectivity index (χ4n) is 8.37. The quantitative estimate of drug-likeness (QED) is 0.182. The van der Waals surface area contributed by atoms with Crippen LogP contribution < -0.4 is 0 Å². The molecule has 3 nitrogen and oxygen atoms in total. The van der Waals surface area contributed by atoms with Crippen LogP contribution in [0.4, 0.5) is 0 Å². The predicted octanol–water partition coefficient (Wildman–Crippen LogP) is 12.8.